The number of anilines is 2. The summed E-state index contributed by atoms with van der Waals surface area (Å²) in [4.78, 5) is 29.3. The molecule has 0 saturated carbocycles. The van der Waals surface area contributed by atoms with Crippen molar-refractivity contribution in [3.63, 3.8) is 0 Å². The van der Waals surface area contributed by atoms with Gasteiger partial charge in [0.15, 0.2) is 0 Å². The van der Waals surface area contributed by atoms with Crippen LogP contribution in [0.4, 0.5) is 16.2 Å². The monoisotopic (exact) mass is 282 g/mol. The molecule has 2 heterocycles. The van der Waals surface area contributed by atoms with E-state index in [1.165, 1.54) is 6.20 Å². The number of carbonyl (C=O) groups is 2. The first-order valence-electron chi connectivity index (χ1n) is 6.61. The molecule has 2 N–H and O–H groups in total. The van der Waals surface area contributed by atoms with E-state index >= 15 is 0 Å². The van der Waals surface area contributed by atoms with E-state index in [1.54, 1.807) is 41.4 Å². The van der Waals surface area contributed by atoms with Gasteiger partial charge in [0.2, 0.25) is 0 Å². The van der Waals surface area contributed by atoms with Gasteiger partial charge in [0, 0.05) is 36.9 Å². The summed E-state index contributed by atoms with van der Waals surface area (Å²) in [5.74, 6) is -0.230. The predicted molar refractivity (Wildman–Crippen MR) is 79.4 cm³/mol. The van der Waals surface area contributed by atoms with Gasteiger partial charge < -0.3 is 10.6 Å². The topological polar surface area (TPSA) is 74.3 Å². The van der Waals surface area contributed by atoms with Crippen molar-refractivity contribution in [3.8, 4) is 0 Å². The molecule has 0 radical (unpaired) electrons. The van der Waals surface area contributed by atoms with Gasteiger partial charge in [-0.2, -0.15) is 0 Å². The Morgan fingerprint density at radius 1 is 1.29 bits per heavy atom. The van der Waals surface area contributed by atoms with Gasteiger partial charge in [-0.15, -0.1) is 0 Å². The first-order valence-corrected chi connectivity index (χ1v) is 6.61. The van der Waals surface area contributed by atoms with Crippen molar-refractivity contribution in [3.05, 3.63) is 54.4 Å². The van der Waals surface area contributed by atoms with E-state index in [1.807, 2.05) is 6.07 Å². The Morgan fingerprint density at radius 3 is 2.90 bits per heavy atom. The highest BCUT2D eigenvalue weighted by atomic mass is 16.2. The first-order chi connectivity index (χ1) is 10.2. The number of carbonyl (C=O) groups excluding carboxylic acids is 2. The Kier molecular flexibility index (Phi) is 3.51. The zero-order valence-corrected chi connectivity index (χ0v) is 11.2. The molecule has 0 atom stereocenters. The molecule has 6 nitrogen and oxygen atoms in total. The number of aromatic nitrogens is 1. The van der Waals surface area contributed by atoms with Crippen LogP contribution in [0.5, 0.6) is 0 Å². The number of hydrogen-bond acceptors (Lipinski definition) is 3. The average Bonchev–Trinajstić information content (AvgIpc) is 2.94. The van der Waals surface area contributed by atoms with E-state index in [0.29, 0.717) is 24.3 Å². The summed E-state index contributed by atoms with van der Waals surface area (Å²) in [6.45, 7) is 1.25. The highest BCUT2D eigenvalue weighted by Crippen LogP contribution is 2.21. The van der Waals surface area contributed by atoms with Crippen LogP contribution < -0.4 is 15.5 Å². The Balaban J connectivity index is 1.77. The third-order valence-corrected chi connectivity index (χ3v) is 3.20. The number of hydrogen-bond donors (Lipinski definition) is 2. The summed E-state index contributed by atoms with van der Waals surface area (Å²) < 4.78 is 0. The van der Waals surface area contributed by atoms with Crippen molar-refractivity contribution < 1.29 is 9.59 Å². The van der Waals surface area contributed by atoms with Crippen molar-refractivity contribution in [1.29, 1.82) is 0 Å². The summed E-state index contributed by atoms with van der Waals surface area (Å²) >= 11 is 0. The van der Waals surface area contributed by atoms with Crippen LogP contribution >= 0.6 is 0 Å². The molecule has 21 heavy (non-hydrogen) atoms. The van der Waals surface area contributed by atoms with Gasteiger partial charge in [-0.05, 0) is 30.3 Å². The molecule has 3 rings (SSSR count). The molecule has 0 aliphatic carbocycles. The number of benzene rings is 1. The minimum Gasteiger partial charge on any atom is -0.336 e. The second-order valence-corrected chi connectivity index (χ2v) is 4.63. The van der Waals surface area contributed by atoms with Gasteiger partial charge in [-0.25, -0.2) is 4.79 Å². The molecule has 1 aliphatic heterocycles. The molecule has 106 valence electrons. The number of nitrogens with zero attached hydrogens (tertiary/aromatic N) is 2. The van der Waals surface area contributed by atoms with Crippen molar-refractivity contribution in [2.24, 2.45) is 0 Å². The van der Waals surface area contributed by atoms with E-state index in [2.05, 4.69) is 15.6 Å². The highest BCUT2D eigenvalue weighted by molar-refractivity contribution is 6.04. The number of amides is 3. The van der Waals surface area contributed by atoms with Gasteiger partial charge in [0.1, 0.15) is 0 Å². The molecule has 6 heteroatoms. The first kappa shape index (κ1) is 13.1. The largest absolute Gasteiger partial charge is 0.336 e. The summed E-state index contributed by atoms with van der Waals surface area (Å²) in [7, 11) is 0. The number of rotatable bonds is 3. The van der Waals surface area contributed by atoms with E-state index in [4.69, 9.17) is 0 Å². The maximum absolute atomic E-state index is 12.1. The minimum absolute atomic E-state index is 0.120. The van der Waals surface area contributed by atoms with E-state index in [0.717, 1.165) is 5.69 Å². The van der Waals surface area contributed by atoms with Crippen molar-refractivity contribution >= 4 is 23.3 Å². The van der Waals surface area contributed by atoms with Crippen molar-refractivity contribution in [2.75, 3.05) is 23.3 Å². The molecule has 2 aromatic rings. The molecule has 1 aromatic carbocycles. The van der Waals surface area contributed by atoms with E-state index in [9.17, 15) is 9.59 Å². The summed E-state index contributed by atoms with van der Waals surface area (Å²) in [5, 5.41) is 5.55. The highest BCUT2D eigenvalue weighted by Gasteiger charge is 2.21. The summed E-state index contributed by atoms with van der Waals surface area (Å²) in [6.07, 6.45) is 3.12. The number of pyridine rings is 1. The molecule has 3 amide bonds. The normalized spacial score (nSPS) is 13.9. The van der Waals surface area contributed by atoms with E-state index in [-0.39, 0.29) is 11.9 Å². The molecule has 0 unspecified atom stereocenters. The van der Waals surface area contributed by atoms with Crippen LogP contribution in [0.15, 0.2) is 48.8 Å². The van der Waals surface area contributed by atoms with Crippen molar-refractivity contribution in [1.82, 2.24) is 10.3 Å². The fourth-order valence-electron chi connectivity index (χ4n) is 2.17. The lowest BCUT2D eigenvalue weighted by atomic mass is 10.2. The van der Waals surface area contributed by atoms with Gasteiger partial charge in [-0.1, -0.05) is 6.07 Å². The lowest BCUT2D eigenvalue weighted by Gasteiger charge is -2.15. The van der Waals surface area contributed by atoms with Gasteiger partial charge in [0.25, 0.3) is 5.91 Å². The Hall–Kier alpha value is -2.89. The SMILES string of the molecule is O=C(Nc1cccc(N2CCNC2=O)c1)c1cccnc1. The number of urea groups is 1. The zero-order valence-electron chi connectivity index (χ0n) is 11.2. The van der Waals surface area contributed by atoms with E-state index < -0.39 is 0 Å². The van der Waals surface area contributed by atoms with Crippen LogP contribution in [0.1, 0.15) is 10.4 Å². The van der Waals surface area contributed by atoms with Crippen LogP contribution in [0.2, 0.25) is 0 Å². The van der Waals surface area contributed by atoms with Crippen LogP contribution in [0.25, 0.3) is 0 Å². The van der Waals surface area contributed by atoms with Gasteiger partial charge >= 0.3 is 6.03 Å². The maximum Gasteiger partial charge on any atom is 0.321 e. The van der Waals surface area contributed by atoms with Crippen LogP contribution in [-0.2, 0) is 0 Å². The molecular weight excluding hydrogens is 268 g/mol. The van der Waals surface area contributed by atoms with Crippen LogP contribution in [-0.4, -0.2) is 30.0 Å². The summed E-state index contributed by atoms with van der Waals surface area (Å²) in [6, 6.07) is 10.5. The molecule has 0 bridgehead atoms. The number of nitrogens with one attached hydrogen (secondary N) is 2. The molecule has 1 aliphatic rings. The van der Waals surface area contributed by atoms with Crippen molar-refractivity contribution in [2.45, 2.75) is 0 Å². The van der Waals surface area contributed by atoms with Crippen LogP contribution in [0.3, 0.4) is 0 Å². The lowest BCUT2D eigenvalue weighted by molar-refractivity contribution is 0.102. The minimum atomic E-state index is -0.230. The fraction of sp³-hybridized carbons (Fsp3) is 0.133. The Labute approximate surface area is 121 Å². The quantitative estimate of drug-likeness (QED) is 0.902. The molecule has 1 saturated heterocycles. The lowest BCUT2D eigenvalue weighted by Crippen LogP contribution is -2.27. The second kappa shape index (κ2) is 5.62. The maximum atomic E-state index is 12.1. The Morgan fingerprint density at radius 2 is 2.19 bits per heavy atom. The zero-order chi connectivity index (χ0) is 14.7. The molecular formula is C15H14N4O2. The average molecular weight is 282 g/mol. The smallest absolute Gasteiger partial charge is 0.321 e. The third kappa shape index (κ3) is 2.84. The standard InChI is InChI=1S/C15H14N4O2/c20-14(11-3-2-6-16-10-11)18-12-4-1-5-13(9-12)19-8-7-17-15(19)21/h1-6,9-10H,7-8H2,(H,17,21)(H,18,20). The molecule has 1 aromatic heterocycles. The van der Waals surface area contributed by atoms with Gasteiger partial charge in [0.05, 0.1) is 5.56 Å². The second-order valence-electron chi connectivity index (χ2n) is 4.63. The van der Waals surface area contributed by atoms with Gasteiger partial charge in [-0.3, -0.25) is 14.7 Å². The third-order valence-electron chi connectivity index (χ3n) is 3.20. The summed E-state index contributed by atoms with van der Waals surface area (Å²) in [5.41, 5.74) is 1.89. The Bertz CT molecular complexity index is 672. The molecule has 1 fully saturated rings. The van der Waals surface area contributed by atoms with Crippen LogP contribution in [0, 0.1) is 0 Å². The predicted octanol–water partition coefficient (Wildman–Crippen LogP) is 1.86. The molecule has 0 spiro atoms. The fourth-order valence-corrected chi connectivity index (χ4v) is 2.17.